The van der Waals surface area contributed by atoms with Crippen molar-refractivity contribution in [3.8, 4) is 0 Å². The highest BCUT2D eigenvalue weighted by atomic mass is 16.1. The van der Waals surface area contributed by atoms with E-state index in [1.165, 1.54) is 32.1 Å². The average Bonchev–Trinajstić information content (AvgIpc) is 3.03. The molecule has 1 aromatic rings. The summed E-state index contributed by atoms with van der Waals surface area (Å²) in [5.74, 6) is 2.39. The largest absolute Gasteiger partial charge is 0.356 e. The Morgan fingerprint density at radius 2 is 2.14 bits per heavy atom. The lowest BCUT2D eigenvalue weighted by molar-refractivity contribution is -0.126. The molecule has 1 saturated carbocycles. The van der Waals surface area contributed by atoms with E-state index < -0.39 is 0 Å². The highest BCUT2D eigenvalue weighted by Gasteiger charge is 2.25. The molecule has 0 saturated heterocycles. The molecule has 0 aliphatic heterocycles. The lowest BCUT2D eigenvalue weighted by Crippen LogP contribution is -2.34. The van der Waals surface area contributed by atoms with Crippen molar-refractivity contribution in [2.75, 3.05) is 6.54 Å². The van der Waals surface area contributed by atoms with Crippen molar-refractivity contribution >= 4 is 5.91 Å². The second-order valence-electron chi connectivity index (χ2n) is 6.29. The molecule has 0 radical (unpaired) electrons. The lowest BCUT2D eigenvalue weighted by atomic mass is 9.79. The fourth-order valence-electron chi connectivity index (χ4n) is 3.25. The van der Waals surface area contributed by atoms with Gasteiger partial charge in [0.05, 0.1) is 0 Å². The van der Waals surface area contributed by atoms with Crippen LogP contribution in [0.4, 0.5) is 0 Å². The minimum absolute atomic E-state index is 0.256. The maximum atomic E-state index is 12.1. The Morgan fingerprint density at radius 1 is 1.33 bits per heavy atom. The standard InChI is InChI=1S/C17H29N3O/c1-2-3-5-14-7-9-15(10-8-14)17(21)20-11-4-6-16-18-12-13-19-16/h12-15H,2-11H2,1H3,(H,18,19)(H,20,21). The van der Waals surface area contributed by atoms with Gasteiger partial charge in [0, 0.05) is 31.3 Å². The zero-order valence-electron chi connectivity index (χ0n) is 13.2. The Kier molecular flexibility index (Phi) is 6.77. The zero-order valence-corrected chi connectivity index (χ0v) is 13.2. The molecule has 1 amide bonds. The Labute approximate surface area is 128 Å². The topological polar surface area (TPSA) is 57.8 Å². The van der Waals surface area contributed by atoms with E-state index in [1.54, 1.807) is 6.20 Å². The molecule has 2 rings (SSSR count). The quantitative estimate of drug-likeness (QED) is 0.721. The fraction of sp³-hybridized carbons (Fsp3) is 0.765. The van der Waals surface area contributed by atoms with Crippen molar-refractivity contribution in [3.63, 3.8) is 0 Å². The molecule has 0 unspecified atom stereocenters. The number of carbonyl (C=O) groups is 1. The van der Waals surface area contributed by atoms with Crippen molar-refractivity contribution in [2.24, 2.45) is 11.8 Å². The highest BCUT2D eigenvalue weighted by molar-refractivity contribution is 5.78. The van der Waals surface area contributed by atoms with E-state index >= 15 is 0 Å². The van der Waals surface area contributed by atoms with Crippen LogP contribution in [-0.2, 0) is 11.2 Å². The number of nitrogens with zero attached hydrogens (tertiary/aromatic N) is 1. The van der Waals surface area contributed by atoms with Crippen LogP contribution in [0.25, 0.3) is 0 Å². The molecule has 4 heteroatoms. The summed E-state index contributed by atoms with van der Waals surface area (Å²) >= 11 is 0. The molecular formula is C17H29N3O. The summed E-state index contributed by atoms with van der Waals surface area (Å²) in [5.41, 5.74) is 0. The third-order valence-corrected chi connectivity index (χ3v) is 4.63. The fourth-order valence-corrected chi connectivity index (χ4v) is 3.25. The van der Waals surface area contributed by atoms with Crippen LogP contribution in [0, 0.1) is 11.8 Å². The van der Waals surface area contributed by atoms with Crippen LogP contribution >= 0.6 is 0 Å². The number of hydrogen-bond donors (Lipinski definition) is 2. The molecule has 1 aliphatic carbocycles. The normalized spacial score (nSPS) is 22.1. The lowest BCUT2D eigenvalue weighted by Gasteiger charge is -2.27. The summed E-state index contributed by atoms with van der Waals surface area (Å²) in [5, 5.41) is 3.09. The van der Waals surface area contributed by atoms with E-state index in [1.807, 2.05) is 6.20 Å². The molecule has 0 atom stereocenters. The Balaban J connectivity index is 1.57. The van der Waals surface area contributed by atoms with E-state index in [4.69, 9.17) is 0 Å². The average molecular weight is 291 g/mol. The molecule has 0 bridgehead atoms. The second kappa shape index (κ2) is 8.85. The molecule has 118 valence electrons. The van der Waals surface area contributed by atoms with E-state index in [2.05, 4.69) is 22.2 Å². The number of carbonyl (C=O) groups excluding carboxylic acids is 1. The molecule has 1 heterocycles. The summed E-state index contributed by atoms with van der Waals surface area (Å²) in [6.07, 6.45) is 14.1. The van der Waals surface area contributed by atoms with E-state index in [0.29, 0.717) is 0 Å². The van der Waals surface area contributed by atoms with Gasteiger partial charge in [-0.15, -0.1) is 0 Å². The number of aromatic amines is 1. The number of imidazole rings is 1. The second-order valence-corrected chi connectivity index (χ2v) is 6.29. The molecule has 1 aromatic heterocycles. The van der Waals surface area contributed by atoms with Crippen molar-refractivity contribution in [1.29, 1.82) is 0 Å². The SMILES string of the molecule is CCCCC1CCC(C(=O)NCCCc2ncc[nH]2)CC1. The van der Waals surface area contributed by atoms with Gasteiger partial charge in [-0.25, -0.2) is 4.98 Å². The van der Waals surface area contributed by atoms with Crippen LogP contribution in [0.5, 0.6) is 0 Å². The van der Waals surface area contributed by atoms with Crippen LogP contribution in [0.2, 0.25) is 0 Å². The number of amides is 1. The van der Waals surface area contributed by atoms with Crippen molar-refractivity contribution in [3.05, 3.63) is 18.2 Å². The Bertz CT molecular complexity index is 394. The molecular weight excluding hydrogens is 262 g/mol. The van der Waals surface area contributed by atoms with Crippen molar-refractivity contribution in [2.45, 2.75) is 64.7 Å². The summed E-state index contributed by atoms with van der Waals surface area (Å²) in [4.78, 5) is 19.4. The van der Waals surface area contributed by atoms with Crippen molar-refractivity contribution in [1.82, 2.24) is 15.3 Å². The van der Waals surface area contributed by atoms with E-state index in [0.717, 1.165) is 44.0 Å². The summed E-state index contributed by atoms with van der Waals surface area (Å²) in [6.45, 7) is 3.01. The van der Waals surface area contributed by atoms with Crippen molar-refractivity contribution < 1.29 is 4.79 Å². The maximum Gasteiger partial charge on any atom is 0.223 e. The van der Waals surface area contributed by atoms with E-state index in [9.17, 15) is 4.79 Å². The van der Waals surface area contributed by atoms with Crippen LogP contribution in [0.15, 0.2) is 12.4 Å². The van der Waals surface area contributed by atoms with Gasteiger partial charge in [0.2, 0.25) is 5.91 Å². The number of hydrogen-bond acceptors (Lipinski definition) is 2. The Hall–Kier alpha value is -1.32. The molecule has 0 spiro atoms. The third-order valence-electron chi connectivity index (χ3n) is 4.63. The molecule has 0 aromatic carbocycles. The van der Waals surface area contributed by atoms with Gasteiger partial charge < -0.3 is 10.3 Å². The summed E-state index contributed by atoms with van der Waals surface area (Å²) in [6, 6.07) is 0. The molecule has 1 aliphatic rings. The summed E-state index contributed by atoms with van der Waals surface area (Å²) < 4.78 is 0. The zero-order chi connectivity index (χ0) is 14.9. The van der Waals surface area contributed by atoms with Crippen LogP contribution in [0.1, 0.15) is 64.1 Å². The maximum absolute atomic E-state index is 12.1. The number of aryl methyl sites for hydroxylation is 1. The van der Waals surface area contributed by atoms with Crippen LogP contribution in [0.3, 0.4) is 0 Å². The smallest absolute Gasteiger partial charge is 0.223 e. The van der Waals surface area contributed by atoms with Gasteiger partial charge in [-0.2, -0.15) is 0 Å². The third kappa shape index (κ3) is 5.52. The monoisotopic (exact) mass is 291 g/mol. The van der Waals surface area contributed by atoms with Gasteiger partial charge in [0.15, 0.2) is 0 Å². The predicted molar refractivity (Wildman–Crippen MR) is 84.9 cm³/mol. The summed E-state index contributed by atoms with van der Waals surface area (Å²) in [7, 11) is 0. The first kappa shape index (κ1) is 16.1. The molecule has 2 N–H and O–H groups in total. The van der Waals surface area contributed by atoms with Crippen LogP contribution < -0.4 is 5.32 Å². The first-order chi connectivity index (χ1) is 10.3. The van der Waals surface area contributed by atoms with Gasteiger partial charge in [-0.05, 0) is 38.0 Å². The number of unbranched alkanes of at least 4 members (excludes halogenated alkanes) is 1. The first-order valence-corrected chi connectivity index (χ1v) is 8.55. The number of rotatable bonds is 8. The minimum Gasteiger partial charge on any atom is -0.356 e. The van der Waals surface area contributed by atoms with Gasteiger partial charge in [-0.3, -0.25) is 4.79 Å². The van der Waals surface area contributed by atoms with Crippen LogP contribution in [-0.4, -0.2) is 22.4 Å². The van der Waals surface area contributed by atoms with E-state index in [-0.39, 0.29) is 11.8 Å². The molecule has 21 heavy (non-hydrogen) atoms. The van der Waals surface area contributed by atoms with Gasteiger partial charge in [0.1, 0.15) is 5.82 Å². The van der Waals surface area contributed by atoms with Gasteiger partial charge >= 0.3 is 0 Å². The predicted octanol–water partition coefficient (Wildman–Crippen LogP) is 3.46. The highest BCUT2D eigenvalue weighted by Crippen LogP contribution is 2.31. The number of nitrogens with one attached hydrogen (secondary N) is 2. The Morgan fingerprint density at radius 3 is 2.81 bits per heavy atom. The first-order valence-electron chi connectivity index (χ1n) is 8.55. The van der Waals surface area contributed by atoms with Gasteiger partial charge in [0.25, 0.3) is 0 Å². The van der Waals surface area contributed by atoms with Gasteiger partial charge in [-0.1, -0.05) is 26.2 Å². The molecule has 4 nitrogen and oxygen atoms in total. The number of aromatic nitrogens is 2. The number of H-pyrrole nitrogens is 1. The minimum atomic E-state index is 0.256. The molecule has 1 fully saturated rings.